The van der Waals surface area contributed by atoms with Crippen LogP contribution in [-0.4, -0.2) is 10.1 Å². The average molecular weight is 275 g/mol. The molecule has 0 radical (unpaired) electrons. The number of rotatable bonds is 4. The van der Waals surface area contributed by atoms with E-state index in [4.69, 9.17) is 0 Å². The number of hydrogen-bond acceptors (Lipinski definition) is 2. The van der Waals surface area contributed by atoms with Gasteiger partial charge in [-0.2, -0.15) is 0 Å². The number of hydrogen-bond donors (Lipinski definition) is 1. The van der Waals surface area contributed by atoms with Crippen molar-refractivity contribution in [3.05, 3.63) is 95.8 Å². The first kappa shape index (κ1) is 13.4. The van der Waals surface area contributed by atoms with E-state index in [0.717, 1.165) is 17.7 Å². The third-order valence-electron chi connectivity index (χ3n) is 3.61. The SMILES string of the molecule is Oc1cccc(C(Cc2ccccn2)c2ccccc2)c1. The Morgan fingerprint density at radius 3 is 2.29 bits per heavy atom. The van der Waals surface area contributed by atoms with Crippen molar-refractivity contribution in [1.29, 1.82) is 0 Å². The van der Waals surface area contributed by atoms with Gasteiger partial charge in [-0.1, -0.05) is 48.5 Å². The van der Waals surface area contributed by atoms with Crippen LogP contribution in [0.4, 0.5) is 0 Å². The lowest BCUT2D eigenvalue weighted by Gasteiger charge is -2.18. The Hall–Kier alpha value is -2.61. The van der Waals surface area contributed by atoms with E-state index in [0.29, 0.717) is 5.75 Å². The molecule has 1 aromatic heterocycles. The molecule has 21 heavy (non-hydrogen) atoms. The molecule has 3 rings (SSSR count). The Labute approximate surface area is 124 Å². The fraction of sp³-hybridized carbons (Fsp3) is 0.105. The van der Waals surface area contributed by atoms with Gasteiger partial charge in [0, 0.05) is 24.2 Å². The minimum Gasteiger partial charge on any atom is -0.508 e. The molecule has 0 spiro atoms. The fourth-order valence-corrected chi connectivity index (χ4v) is 2.58. The van der Waals surface area contributed by atoms with E-state index in [1.165, 1.54) is 5.56 Å². The normalized spacial score (nSPS) is 12.0. The Morgan fingerprint density at radius 2 is 1.57 bits per heavy atom. The molecule has 0 saturated carbocycles. The molecule has 1 heterocycles. The summed E-state index contributed by atoms with van der Waals surface area (Å²) in [5, 5.41) is 9.76. The van der Waals surface area contributed by atoms with Gasteiger partial charge in [0.2, 0.25) is 0 Å². The second kappa shape index (κ2) is 6.23. The van der Waals surface area contributed by atoms with E-state index in [9.17, 15) is 5.11 Å². The summed E-state index contributed by atoms with van der Waals surface area (Å²) in [7, 11) is 0. The molecule has 0 aliphatic heterocycles. The first-order valence-corrected chi connectivity index (χ1v) is 7.07. The molecule has 0 bridgehead atoms. The highest BCUT2D eigenvalue weighted by Crippen LogP contribution is 2.29. The molecule has 1 unspecified atom stereocenters. The number of pyridine rings is 1. The van der Waals surface area contributed by atoms with Gasteiger partial charge in [0.05, 0.1) is 0 Å². The number of phenolic OH excluding ortho intramolecular Hbond substituents is 1. The minimum atomic E-state index is 0.188. The van der Waals surface area contributed by atoms with Crippen LogP contribution in [0.1, 0.15) is 22.7 Å². The summed E-state index contributed by atoms with van der Waals surface area (Å²) >= 11 is 0. The van der Waals surface area contributed by atoms with Crippen molar-refractivity contribution in [2.45, 2.75) is 12.3 Å². The molecular formula is C19H17NO. The smallest absolute Gasteiger partial charge is 0.115 e. The third-order valence-corrected chi connectivity index (χ3v) is 3.61. The van der Waals surface area contributed by atoms with Gasteiger partial charge >= 0.3 is 0 Å². The summed E-state index contributed by atoms with van der Waals surface area (Å²) in [5.74, 6) is 0.489. The molecule has 1 atom stereocenters. The highest BCUT2D eigenvalue weighted by molar-refractivity contribution is 5.37. The van der Waals surface area contributed by atoms with E-state index in [1.54, 1.807) is 6.07 Å². The van der Waals surface area contributed by atoms with Gasteiger partial charge in [0.25, 0.3) is 0 Å². The fourth-order valence-electron chi connectivity index (χ4n) is 2.58. The molecular weight excluding hydrogens is 258 g/mol. The lowest BCUT2D eigenvalue weighted by molar-refractivity contribution is 0.474. The number of aromatic hydroxyl groups is 1. The average Bonchev–Trinajstić information content (AvgIpc) is 2.54. The molecule has 0 saturated heterocycles. The minimum absolute atomic E-state index is 0.188. The monoisotopic (exact) mass is 275 g/mol. The topological polar surface area (TPSA) is 33.1 Å². The summed E-state index contributed by atoms with van der Waals surface area (Å²) in [6.45, 7) is 0. The van der Waals surface area contributed by atoms with E-state index in [-0.39, 0.29) is 5.92 Å². The number of nitrogens with zero attached hydrogens (tertiary/aromatic N) is 1. The lowest BCUT2D eigenvalue weighted by Crippen LogP contribution is -2.06. The van der Waals surface area contributed by atoms with E-state index < -0.39 is 0 Å². The van der Waals surface area contributed by atoms with Gasteiger partial charge in [-0.15, -0.1) is 0 Å². The number of aromatic nitrogens is 1. The van der Waals surface area contributed by atoms with Crippen LogP contribution in [0.5, 0.6) is 5.75 Å². The second-order valence-corrected chi connectivity index (χ2v) is 5.08. The molecule has 104 valence electrons. The molecule has 2 aromatic carbocycles. The van der Waals surface area contributed by atoms with Crippen molar-refractivity contribution in [3.63, 3.8) is 0 Å². The first-order chi connectivity index (χ1) is 10.3. The highest BCUT2D eigenvalue weighted by atomic mass is 16.3. The van der Waals surface area contributed by atoms with Crippen LogP contribution in [0.2, 0.25) is 0 Å². The zero-order valence-electron chi connectivity index (χ0n) is 11.7. The Balaban J connectivity index is 1.99. The summed E-state index contributed by atoms with van der Waals surface area (Å²) < 4.78 is 0. The van der Waals surface area contributed by atoms with E-state index in [1.807, 2.05) is 54.7 Å². The Morgan fingerprint density at radius 1 is 0.810 bits per heavy atom. The zero-order valence-corrected chi connectivity index (χ0v) is 11.7. The Bertz CT molecular complexity index is 695. The van der Waals surface area contributed by atoms with Gasteiger partial charge in [-0.05, 0) is 35.4 Å². The molecule has 3 aromatic rings. The molecule has 0 fully saturated rings. The maximum atomic E-state index is 9.76. The van der Waals surface area contributed by atoms with Gasteiger partial charge in [-0.3, -0.25) is 4.98 Å². The van der Waals surface area contributed by atoms with Gasteiger partial charge in [0.1, 0.15) is 5.75 Å². The lowest BCUT2D eigenvalue weighted by atomic mass is 9.87. The first-order valence-electron chi connectivity index (χ1n) is 7.07. The van der Waals surface area contributed by atoms with Crippen molar-refractivity contribution >= 4 is 0 Å². The standard InChI is InChI=1S/C19H17NO/c21-18-11-6-9-16(13-18)19(15-7-2-1-3-8-15)14-17-10-4-5-12-20-17/h1-13,19,21H,14H2. The van der Waals surface area contributed by atoms with Crippen molar-refractivity contribution in [1.82, 2.24) is 4.98 Å². The van der Waals surface area contributed by atoms with Crippen LogP contribution in [0.25, 0.3) is 0 Å². The van der Waals surface area contributed by atoms with Crippen LogP contribution in [0.3, 0.4) is 0 Å². The molecule has 2 nitrogen and oxygen atoms in total. The summed E-state index contributed by atoms with van der Waals surface area (Å²) in [4.78, 5) is 4.43. The van der Waals surface area contributed by atoms with Crippen LogP contribution in [0.15, 0.2) is 79.0 Å². The van der Waals surface area contributed by atoms with Gasteiger partial charge < -0.3 is 5.11 Å². The molecule has 1 N–H and O–H groups in total. The van der Waals surface area contributed by atoms with Gasteiger partial charge in [-0.25, -0.2) is 0 Å². The number of phenols is 1. The third kappa shape index (κ3) is 3.29. The van der Waals surface area contributed by atoms with Crippen LogP contribution in [0, 0.1) is 0 Å². The Kier molecular flexibility index (Phi) is 3.97. The van der Waals surface area contributed by atoms with Crippen LogP contribution in [-0.2, 0) is 6.42 Å². The summed E-state index contributed by atoms with van der Waals surface area (Å²) in [6.07, 6.45) is 2.63. The van der Waals surface area contributed by atoms with Crippen molar-refractivity contribution in [2.24, 2.45) is 0 Å². The quantitative estimate of drug-likeness (QED) is 0.775. The van der Waals surface area contributed by atoms with Crippen LogP contribution < -0.4 is 0 Å². The maximum Gasteiger partial charge on any atom is 0.115 e. The van der Waals surface area contributed by atoms with Crippen molar-refractivity contribution in [2.75, 3.05) is 0 Å². The predicted molar refractivity (Wildman–Crippen MR) is 84.3 cm³/mol. The zero-order chi connectivity index (χ0) is 14.5. The largest absolute Gasteiger partial charge is 0.508 e. The van der Waals surface area contributed by atoms with E-state index in [2.05, 4.69) is 23.2 Å². The molecule has 0 amide bonds. The molecule has 0 aliphatic rings. The summed E-state index contributed by atoms with van der Waals surface area (Å²) in [5.41, 5.74) is 3.38. The maximum absolute atomic E-state index is 9.76. The van der Waals surface area contributed by atoms with Crippen molar-refractivity contribution in [3.8, 4) is 5.75 Å². The van der Waals surface area contributed by atoms with Crippen LogP contribution >= 0.6 is 0 Å². The molecule has 2 heteroatoms. The van der Waals surface area contributed by atoms with Crippen molar-refractivity contribution < 1.29 is 5.11 Å². The highest BCUT2D eigenvalue weighted by Gasteiger charge is 2.15. The summed E-state index contributed by atoms with van der Waals surface area (Å²) in [6, 6.07) is 23.8. The predicted octanol–water partition coefficient (Wildman–Crippen LogP) is 4.16. The molecule has 0 aliphatic carbocycles. The van der Waals surface area contributed by atoms with Gasteiger partial charge in [0.15, 0.2) is 0 Å². The number of benzene rings is 2. The second-order valence-electron chi connectivity index (χ2n) is 5.08. The van der Waals surface area contributed by atoms with E-state index >= 15 is 0 Å².